The molecule has 1 amide bonds. The third-order valence-corrected chi connectivity index (χ3v) is 5.32. The van der Waals surface area contributed by atoms with Gasteiger partial charge in [0.15, 0.2) is 0 Å². The van der Waals surface area contributed by atoms with E-state index in [-0.39, 0.29) is 20.2 Å². The molecular weight excluding hydrogens is 414 g/mol. The zero-order valence-corrected chi connectivity index (χ0v) is 19.8. The fraction of sp³-hybridized carbons (Fsp3) is 0.360. The van der Waals surface area contributed by atoms with Gasteiger partial charge in [0.1, 0.15) is 11.4 Å². The van der Waals surface area contributed by atoms with Gasteiger partial charge in [0.2, 0.25) is 5.95 Å². The number of hydrogen-bond acceptors (Lipinski definition) is 7. The van der Waals surface area contributed by atoms with Crippen molar-refractivity contribution < 1.29 is 7.65 Å². The number of carbonyl (C=O) groups is 1. The summed E-state index contributed by atoms with van der Waals surface area (Å²) in [5, 5.41) is 12.9. The Morgan fingerprint density at radius 2 is 1.88 bits per heavy atom. The highest BCUT2D eigenvalue weighted by molar-refractivity contribution is 5.99. The number of aromatic nitrogens is 3. The van der Waals surface area contributed by atoms with Crippen molar-refractivity contribution >= 4 is 34.7 Å². The standard InChI is InChI=1S/C25H31N7O.2H2/c1-15(2)29-23(33)19-14-28-24(31-17-6-7-20-16(12-17)8-10-26-20)32-22(19)30-18-9-11-27-21(13-18)25(3,4)5;;/h6-7,9,11-15,26H,8,10H2,1-5H3,(H,29,33)(H2,27,28,30,31,32);2*1H. The summed E-state index contributed by atoms with van der Waals surface area (Å²) in [7, 11) is 0. The Hall–Kier alpha value is -3.68. The van der Waals surface area contributed by atoms with Gasteiger partial charge in [0.25, 0.3) is 5.91 Å². The number of benzene rings is 1. The number of rotatable bonds is 6. The molecule has 0 fully saturated rings. The van der Waals surface area contributed by atoms with Crippen LogP contribution in [0.15, 0.2) is 42.7 Å². The highest BCUT2D eigenvalue weighted by Gasteiger charge is 2.19. The molecule has 3 heterocycles. The molecule has 0 atom stereocenters. The van der Waals surface area contributed by atoms with Crippen molar-refractivity contribution in [3.63, 3.8) is 0 Å². The normalized spacial score (nSPS) is 12.8. The molecule has 4 N–H and O–H groups in total. The molecular formula is C25H35N7O. The largest absolute Gasteiger partial charge is 0.384 e. The second kappa shape index (κ2) is 9.05. The number of amides is 1. The highest BCUT2D eigenvalue weighted by atomic mass is 16.1. The molecule has 0 spiro atoms. The minimum absolute atomic E-state index is 0. The Balaban J connectivity index is 0.00000216. The number of nitrogens with zero attached hydrogens (tertiary/aromatic N) is 3. The van der Waals surface area contributed by atoms with E-state index < -0.39 is 0 Å². The first-order valence-electron chi connectivity index (χ1n) is 11.2. The summed E-state index contributed by atoms with van der Waals surface area (Å²) in [6, 6.07) is 9.99. The van der Waals surface area contributed by atoms with Crippen LogP contribution < -0.4 is 21.3 Å². The summed E-state index contributed by atoms with van der Waals surface area (Å²) < 4.78 is 0. The van der Waals surface area contributed by atoms with E-state index in [2.05, 4.69) is 69.1 Å². The van der Waals surface area contributed by atoms with Crippen molar-refractivity contribution in [2.24, 2.45) is 0 Å². The first-order valence-corrected chi connectivity index (χ1v) is 11.2. The van der Waals surface area contributed by atoms with Crippen molar-refractivity contribution in [2.45, 2.75) is 52.5 Å². The highest BCUT2D eigenvalue weighted by Crippen LogP contribution is 2.28. The number of nitrogens with one attached hydrogen (secondary N) is 4. The third kappa shape index (κ3) is 5.39. The van der Waals surface area contributed by atoms with E-state index in [9.17, 15) is 4.79 Å². The van der Waals surface area contributed by atoms with Crippen molar-refractivity contribution in [3.05, 3.63) is 59.5 Å². The van der Waals surface area contributed by atoms with E-state index in [4.69, 9.17) is 0 Å². The molecule has 4 rings (SSSR count). The molecule has 0 aliphatic carbocycles. The van der Waals surface area contributed by atoms with Gasteiger partial charge in [-0.25, -0.2) is 4.98 Å². The predicted octanol–water partition coefficient (Wildman–Crippen LogP) is 5.25. The molecule has 33 heavy (non-hydrogen) atoms. The number of anilines is 5. The van der Waals surface area contributed by atoms with Crippen LogP contribution in [-0.4, -0.2) is 33.4 Å². The van der Waals surface area contributed by atoms with E-state index in [0.29, 0.717) is 17.3 Å². The number of fused-ring (bicyclic) bond motifs is 1. The van der Waals surface area contributed by atoms with Gasteiger partial charge < -0.3 is 21.3 Å². The van der Waals surface area contributed by atoms with Gasteiger partial charge in [-0.1, -0.05) is 20.8 Å². The van der Waals surface area contributed by atoms with E-state index in [1.165, 1.54) is 5.56 Å². The minimum atomic E-state index is -0.229. The van der Waals surface area contributed by atoms with Gasteiger partial charge in [-0.3, -0.25) is 9.78 Å². The Morgan fingerprint density at radius 1 is 1.09 bits per heavy atom. The first kappa shape index (κ1) is 22.5. The Labute approximate surface area is 197 Å². The maximum Gasteiger partial charge on any atom is 0.256 e. The van der Waals surface area contributed by atoms with Crippen LogP contribution in [-0.2, 0) is 11.8 Å². The minimum Gasteiger partial charge on any atom is -0.384 e. The van der Waals surface area contributed by atoms with Crippen LogP contribution in [0.1, 0.15) is 59.1 Å². The Kier molecular flexibility index (Phi) is 6.18. The topological polar surface area (TPSA) is 104 Å². The molecule has 3 aromatic rings. The molecule has 0 radical (unpaired) electrons. The molecule has 8 heteroatoms. The first-order chi connectivity index (χ1) is 15.7. The zero-order chi connectivity index (χ0) is 23.6. The quantitative estimate of drug-likeness (QED) is 0.407. The van der Waals surface area contributed by atoms with Crippen LogP contribution in [0.2, 0.25) is 0 Å². The lowest BCUT2D eigenvalue weighted by Gasteiger charge is -2.19. The molecule has 176 valence electrons. The fourth-order valence-corrected chi connectivity index (χ4v) is 3.61. The molecule has 2 aromatic heterocycles. The van der Waals surface area contributed by atoms with Crippen LogP contribution in [0.25, 0.3) is 0 Å². The second-order valence-corrected chi connectivity index (χ2v) is 9.56. The van der Waals surface area contributed by atoms with Crippen molar-refractivity contribution in [3.8, 4) is 0 Å². The molecule has 1 aliphatic rings. The van der Waals surface area contributed by atoms with E-state index >= 15 is 0 Å². The van der Waals surface area contributed by atoms with E-state index in [1.54, 1.807) is 12.4 Å². The number of hydrogen-bond donors (Lipinski definition) is 4. The van der Waals surface area contributed by atoms with Crippen LogP contribution in [0.4, 0.5) is 28.8 Å². The SMILES string of the molecule is CC(C)NC(=O)c1cnc(Nc2ccc3c(c2)CCN3)nc1Nc1ccnc(C(C)(C)C)c1.[HH].[HH]. The average molecular weight is 450 g/mol. The predicted molar refractivity (Wildman–Crippen MR) is 137 cm³/mol. The number of carbonyl (C=O) groups excluding carboxylic acids is 1. The van der Waals surface area contributed by atoms with E-state index in [0.717, 1.165) is 35.7 Å². The molecule has 0 saturated heterocycles. The summed E-state index contributed by atoms with van der Waals surface area (Å²) in [4.78, 5) is 26.4. The smallest absolute Gasteiger partial charge is 0.256 e. The summed E-state index contributed by atoms with van der Waals surface area (Å²) in [5.41, 5.74) is 5.36. The van der Waals surface area contributed by atoms with Crippen LogP contribution in [0.5, 0.6) is 0 Å². The molecule has 0 unspecified atom stereocenters. The summed E-state index contributed by atoms with van der Waals surface area (Å²) in [5.74, 6) is 0.613. The summed E-state index contributed by atoms with van der Waals surface area (Å²) in [6.07, 6.45) is 4.30. The lowest BCUT2D eigenvalue weighted by atomic mass is 9.91. The fourth-order valence-electron chi connectivity index (χ4n) is 3.61. The van der Waals surface area contributed by atoms with Crippen molar-refractivity contribution in [2.75, 3.05) is 22.5 Å². The van der Waals surface area contributed by atoms with Crippen LogP contribution in [0.3, 0.4) is 0 Å². The lowest BCUT2D eigenvalue weighted by Crippen LogP contribution is -2.31. The summed E-state index contributed by atoms with van der Waals surface area (Å²) in [6.45, 7) is 11.1. The zero-order valence-electron chi connectivity index (χ0n) is 19.8. The lowest BCUT2D eigenvalue weighted by molar-refractivity contribution is 0.0943. The monoisotopic (exact) mass is 449 g/mol. The molecule has 8 nitrogen and oxygen atoms in total. The molecule has 0 bridgehead atoms. The number of pyridine rings is 1. The van der Waals surface area contributed by atoms with Gasteiger partial charge in [-0.05, 0) is 56.2 Å². The van der Waals surface area contributed by atoms with Crippen LogP contribution >= 0.6 is 0 Å². The van der Waals surface area contributed by atoms with Crippen LogP contribution in [0, 0.1) is 0 Å². The molecule has 0 saturated carbocycles. The Bertz CT molecular complexity index is 1180. The second-order valence-electron chi connectivity index (χ2n) is 9.56. The maximum atomic E-state index is 12.8. The maximum absolute atomic E-state index is 12.8. The average Bonchev–Trinajstić information content (AvgIpc) is 3.21. The van der Waals surface area contributed by atoms with Crippen molar-refractivity contribution in [1.82, 2.24) is 20.3 Å². The summed E-state index contributed by atoms with van der Waals surface area (Å²) >= 11 is 0. The van der Waals surface area contributed by atoms with Gasteiger partial charge in [0, 0.05) is 56.0 Å². The van der Waals surface area contributed by atoms with Gasteiger partial charge in [-0.15, -0.1) is 0 Å². The van der Waals surface area contributed by atoms with Gasteiger partial charge >= 0.3 is 0 Å². The Morgan fingerprint density at radius 3 is 2.64 bits per heavy atom. The third-order valence-electron chi connectivity index (χ3n) is 5.32. The molecule has 1 aromatic carbocycles. The van der Waals surface area contributed by atoms with Gasteiger partial charge in [0.05, 0.1) is 0 Å². The van der Waals surface area contributed by atoms with Gasteiger partial charge in [-0.2, -0.15) is 4.98 Å². The van der Waals surface area contributed by atoms with E-state index in [1.807, 2.05) is 32.0 Å². The van der Waals surface area contributed by atoms with Crippen molar-refractivity contribution in [1.29, 1.82) is 0 Å². The molecule has 1 aliphatic heterocycles.